The molecule has 2 aliphatic rings. The lowest BCUT2D eigenvalue weighted by molar-refractivity contribution is 0.0646. The molecule has 0 atom stereocenters. The summed E-state index contributed by atoms with van der Waals surface area (Å²) in [5, 5.41) is 8.88. The van der Waals surface area contributed by atoms with Crippen molar-refractivity contribution in [2.45, 2.75) is 52.7 Å². The number of ether oxygens (including phenoxy) is 3. The minimum absolute atomic E-state index is 0.135. The second kappa shape index (κ2) is 9.17. The van der Waals surface area contributed by atoms with E-state index in [0.717, 1.165) is 52.2 Å². The molecule has 8 heteroatoms. The monoisotopic (exact) mass is 505 g/mol. The zero-order chi connectivity index (χ0) is 25.6. The molecular formula is C28H31N3O4S. The van der Waals surface area contributed by atoms with E-state index in [4.69, 9.17) is 19.3 Å². The molecule has 0 saturated carbocycles. The molecule has 0 N–H and O–H groups in total. The molecule has 188 valence electrons. The normalized spacial score (nSPS) is 14.9. The smallest absolute Gasteiger partial charge is 0.274 e. The standard InChI is InChI=1S/C28H31N3O4S/c1-17-9-7-8-11-34-26(17)20-13-19-23(14-22(20)33-6)35-15-21-24(27(32)30(5)28(2,3)4)29-31(25(19)21)18-10-12-36-16-18/h8,10-14,16H,7,9,15H2,1-6H3. The molecule has 0 unspecified atom stereocenters. The van der Waals surface area contributed by atoms with Crippen molar-refractivity contribution < 1.29 is 19.0 Å². The van der Waals surface area contributed by atoms with Crippen LogP contribution in [-0.2, 0) is 11.3 Å². The quantitative estimate of drug-likeness (QED) is 0.409. The van der Waals surface area contributed by atoms with Crippen LogP contribution in [0.5, 0.6) is 11.5 Å². The molecule has 2 aromatic heterocycles. The highest BCUT2D eigenvalue weighted by Gasteiger charge is 2.35. The van der Waals surface area contributed by atoms with Crippen molar-refractivity contribution in [1.82, 2.24) is 14.7 Å². The molecule has 0 spiro atoms. The molecule has 0 radical (unpaired) electrons. The fourth-order valence-electron chi connectivity index (χ4n) is 4.42. The first-order chi connectivity index (χ1) is 17.2. The van der Waals surface area contributed by atoms with Crippen LogP contribution in [0.2, 0.25) is 0 Å². The summed E-state index contributed by atoms with van der Waals surface area (Å²) in [7, 11) is 3.46. The Labute approximate surface area is 215 Å². The predicted octanol–water partition coefficient (Wildman–Crippen LogP) is 6.43. The number of amides is 1. The van der Waals surface area contributed by atoms with Gasteiger partial charge in [-0.05, 0) is 69.7 Å². The summed E-state index contributed by atoms with van der Waals surface area (Å²) in [4.78, 5) is 15.3. The Balaban J connectivity index is 1.74. The van der Waals surface area contributed by atoms with Crippen molar-refractivity contribution in [2.75, 3.05) is 14.2 Å². The molecule has 1 aromatic carbocycles. The Hall–Kier alpha value is -3.52. The zero-order valence-electron chi connectivity index (χ0n) is 21.5. The molecule has 0 saturated heterocycles. The number of hydrogen-bond donors (Lipinski definition) is 0. The van der Waals surface area contributed by atoms with Crippen LogP contribution in [0.3, 0.4) is 0 Å². The van der Waals surface area contributed by atoms with Crippen molar-refractivity contribution in [3.8, 4) is 28.4 Å². The van der Waals surface area contributed by atoms with Crippen molar-refractivity contribution in [3.63, 3.8) is 0 Å². The molecule has 2 aliphatic heterocycles. The summed E-state index contributed by atoms with van der Waals surface area (Å²) in [6.07, 6.45) is 5.59. The van der Waals surface area contributed by atoms with Crippen LogP contribution in [-0.4, -0.2) is 40.3 Å². The van der Waals surface area contributed by atoms with E-state index in [0.29, 0.717) is 17.2 Å². The Morgan fingerprint density at radius 2 is 2.06 bits per heavy atom. The SMILES string of the molecule is COc1cc2c(cc1C1=C(C)CCC=CO1)-c1c(c(C(=O)N(C)C(C)(C)C)nn1-c1ccsc1)CO2. The van der Waals surface area contributed by atoms with E-state index in [9.17, 15) is 4.79 Å². The van der Waals surface area contributed by atoms with Gasteiger partial charge in [0.25, 0.3) is 5.91 Å². The molecular weight excluding hydrogens is 474 g/mol. The fourth-order valence-corrected chi connectivity index (χ4v) is 5.03. The van der Waals surface area contributed by atoms with Crippen LogP contribution in [0, 0.1) is 0 Å². The van der Waals surface area contributed by atoms with Gasteiger partial charge in [-0.3, -0.25) is 4.79 Å². The number of benzene rings is 1. The molecule has 5 rings (SSSR count). The first-order valence-electron chi connectivity index (χ1n) is 12.0. The van der Waals surface area contributed by atoms with E-state index in [1.165, 1.54) is 0 Å². The third kappa shape index (κ3) is 4.09. The maximum absolute atomic E-state index is 13.6. The predicted molar refractivity (Wildman–Crippen MR) is 142 cm³/mol. The lowest BCUT2D eigenvalue weighted by Gasteiger charge is -2.31. The number of hydrogen-bond acceptors (Lipinski definition) is 6. The first kappa shape index (κ1) is 24.2. The Morgan fingerprint density at radius 1 is 1.25 bits per heavy atom. The van der Waals surface area contributed by atoms with Crippen LogP contribution in [0.15, 0.2) is 46.9 Å². The second-order valence-electron chi connectivity index (χ2n) is 10.1. The summed E-state index contributed by atoms with van der Waals surface area (Å²) in [6, 6.07) is 5.95. The summed E-state index contributed by atoms with van der Waals surface area (Å²) >= 11 is 1.59. The number of rotatable bonds is 4. The molecule has 3 aromatic rings. The Kier molecular flexibility index (Phi) is 6.16. The van der Waals surface area contributed by atoms with Gasteiger partial charge in [0.2, 0.25) is 0 Å². The van der Waals surface area contributed by atoms with Gasteiger partial charge in [-0.2, -0.15) is 16.4 Å². The fraction of sp³-hybridized carbons (Fsp3) is 0.357. The van der Waals surface area contributed by atoms with E-state index in [2.05, 4.69) is 6.92 Å². The Bertz CT molecular complexity index is 1380. The first-order valence-corrected chi connectivity index (χ1v) is 12.9. The van der Waals surface area contributed by atoms with Gasteiger partial charge in [0.05, 0.1) is 30.3 Å². The van der Waals surface area contributed by atoms with Gasteiger partial charge in [-0.15, -0.1) is 0 Å². The second-order valence-corrected chi connectivity index (χ2v) is 10.9. The highest BCUT2D eigenvalue weighted by Crippen LogP contribution is 2.46. The van der Waals surface area contributed by atoms with Crippen LogP contribution >= 0.6 is 11.3 Å². The number of thiophene rings is 1. The minimum atomic E-state index is -0.349. The third-order valence-corrected chi connectivity index (χ3v) is 7.45. The van der Waals surface area contributed by atoms with Crippen molar-refractivity contribution >= 4 is 23.0 Å². The topological polar surface area (TPSA) is 65.8 Å². The van der Waals surface area contributed by atoms with Crippen molar-refractivity contribution in [3.05, 3.63) is 63.7 Å². The highest BCUT2D eigenvalue weighted by atomic mass is 32.1. The van der Waals surface area contributed by atoms with E-state index in [1.54, 1.807) is 29.6 Å². The van der Waals surface area contributed by atoms with Crippen LogP contribution in [0.1, 0.15) is 62.2 Å². The maximum atomic E-state index is 13.6. The summed E-state index contributed by atoms with van der Waals surface area (Å²) in [6.45, 7) is 8.35. The number of carbonyl (C=O) groups is 1. The summed E-state index contributed by atoms with van der Waals surface area (Å²) in [5.41, 5.74) is 5.42. The Morgan fingerprint density at radius 3 is 2.75 bits per heavy atom. The number of aromatic nitrogens is 2. The van der Waals surface area contributed by atoms with Crippen LogP contribution in [0.25, 0.3) is 22.7 Å². The number of carbonyl (C=O) groups excluding carboxylic acids is 1. The van der Waals surface area contributed by atoms with Gasteiger partial charge >= 0.3 is 0 Å². The van der Waals surface area contributed by atoms with Gasteiger partial charge in [0.1, 0.15) is 23.9 Å². The molecule has 7 nitrogen and oxygen atoms in total. The van der Waals surface area contributed by atoms with Gasteiger partial charge in [-0.25, -0.2) is 4.68 Å². The van der Waals surface area contributed by atoms with E-state index in [1.807, 2.05) is 67.5 Å². The molecule has 4 heterocycles. The van der Waals surface area contributed by atoms with E-state index in [-0.39, 0.29) is 18.1 Å². The molecule has 36 heavy (non-hydrogen) atoms. The molecule has 0 bridgehead atoms. The average molecular weight is 506 g/mol. The summed E-state index contributed by atoms with van der Waals surface area (Å²) in [5.74, 6) is 2.00. The van der Waals surface area contributed by atoms with E-state index < -0.39 is 0 Å². The largest absolute Gasteiger partial charge is 0.496 e. The van der Waals surface area contributed by atoms with Gasteiger partial charge in [0, 0.05) is 35.2 Å². The lowest BCUT2D eigenvalue weighted by atomic mass is 9.96. The highest BCUT2D eigenvalue weighted by molar-refractivity contribution is 7.08. The summed E-state index contributed by atoms with van der Waals surface area (Å²) < 4.78 is 19.9. The zero-order valence-corrected chi connectivity index (χ0v) is 22.4. The van der Waals surface area contributed by atoms with Gasteiger partial charge < -0.3 is 19.1 Å². The van der Waals surface area contributed by atoms with Crippen molar-refractivity contribution in [2.24, 2.45) is 0 Å². The number of fused-ring (bicyclic) bond motifs is 3. The molecule has 0 fully saturated rings. The number of nitrogens with zero attached hydrogens (tertiary/aromatic N) is 3. The average Bonchev–Trinajstić information content (AvgIpc) is 3.46. The van der Waals surface area contributed by atoms with Gasteiger partial charge in [-0.1, -0.05) is 0 Å². The minimum Gasteiger partial charge on any atom is -0.496 e. The third-order valence-electron chi connectivity index (χ3n) is 6.78. The lowest BCUT2D eigenvalue weighted by Crippen LogP contribution is -2.43. The van der Waals surface area contributed by atoms with Crippen molar-refractivity contribution in [1.29, 1.82) is 0 Å². The molecule has 1 amide bonds. The number of allylic oxidation sites excluding steroid dienone is 2. The van der Waals surface area contributed by atoms with Crippen LogP contribution in [0.4, 0.5) is 0 Å². The van der Waals surface area contributed by atoms with Gasteiger partial charge in [0.15, 0.2) is 5.69 Å². The van der Waals surface area contributed by atoms with Crippen LogP contribution < -0.4 is 9.47 Å². The number of methoxy groups -OCH3 is 1. The van der Waals surface area contributed by atoms with E-state index >= 15 is 0 Å². The molecule has 0 aliphatic carbocycles. The maximum Gasteiger partial charge on any atom is 0.274 e.